The smallest absolute Gasteiger partial charge is 0.0964 e. The van der Waals surface area contributed by atoms with Crippen molar-refractivity contribution >= 4 is 5.97 Å². The van der Waals surface area contributed by atoms with Gasteiger partial charge < -0.3 is 14.6 Å². The lowest BCUT2D eigenvalue weighted by Gasteiger charge is -2.14. The number of hydrogen-bond acceptors (Lipinski definition) is 3. The van der Waals surface area contributed by atoms with Gasteiger partial charge in [-0.25, -0.2) is 0 Å². The summed E-state index contributed by atoms with van der Waals surface area (Å²) in [7, 11) is 1.39. The van der Waals surface area contributed by atoms with Gasteiger partial charge in [0.2, 0.25) is 0 Å². The molecular weight excluding hydrogens is 132 g/mol. The van der Waals surface area contributed by atoms with Crippen LogP contribution in [-0.2, 0) is 9.53 Å². The number of ether oxygens (including phenoxy) is 1. The first-order valence-electron chi connectivity index (χ1n) is 3.46. The van der Waals surface area contributed by atoms with Crippen LogP contribution in [0.4, 0.5) is 0 Å². The molecule has 3 heteroatoms. The molecule has 0 aliphatic carbocycles. The van der Waals surface area contributed by atoms with E-state index in [0.29, 0.717) is 6.42 Å². The second-order valence-corrected chi connectivity index (χ2v) is 2.19. The normalized spacial score (nSPS) is 13.0. The van der Waals surface area contributed by atoms with Crippen LogP contribution in [0.25, 0.3) is 0 Å². The highest BCUT2D eigenvalue weighted by Crippen LogP contribution is 2.02. The summed E-state index contributed by atoms with van der Waals surface area (Å²) < 4.78 is 4.65. The molecule has 10 heavy (non-hydrogen) atoms. The quantitative estimate of drug-likeness (QED) is 0.544. The molecule has 1 atom stereocenters. The third-order valence-electron chi connectivity index (χ3n) is 1.37. The van der Waals surface area contributed by atoms with Crippen molar-refractivity contribution in [2.24, 2.45) is 0 Å². The standard InChI is InChI=1S/C7H14O3/c1-3-4-5-6(10-2)7(8)9/h6H,3-5H2,1-2H3,(H,8,9)/p-1. The first kappa shape index (κ1) is 9.43. The Hall–Kier alpha value is -0.570. The van der Waals surface area contributed by atoms with Gasteiger partial charge >= 0.3 is 0 Å². The molecule has 0 spiro atoms. The van der Waals surface area contributed by atoms with Crippen LogP contribution in [0.3, 0.4) is 0 Å². The average Bonchev–Trinajstić information content (AvgIpc) is 1.89. The summed E-state index contributed by atoms with van der Waals surface area (Å²) in [5, 5.41) is 10.2. The summed E-state index contributed by atoms with van der Waals surface area (Å²) in [5.74, 6) is -1.11. The van der Waals surface area contributed by atoms with E-state index >= 15 is 0 Å². The molecule has 0 aromatic heterocycles. The van der Waals surface area contributed by atoms with Crippen LogP contribution in [0.15, 0.2) is 0 Å². The van der Waals surface area contributed by atoms with Crippen molar-refractivity contribution in [3.63, 3.8) is 0 Å². The molecule has 0 fully saturated rings. The van der Waals surface area contributed by atoms with Gasteiger partial charge in [0, 0.05) is 7.11 Å². The van der Waals surface area contributed by atoms with Crippen LogP contribution in [0.2, 0.25) is 0 Å². The second-order valence-electron chi connectivity index (χ2n) is 2.19. The zero-order valence-corrected chi connectivity index (χ0v) is 6.42. The van der Waals surface area contributed by atoms with Gasteiger partial charge in [0.25, 0.3) is 0 Å². The first-order chi connectivity index (χ1) is 4.72. The number of carbonyl (C=O) groups excluding carboxylic acids is 1. The van der Waals surface area contributed by atoms with Crippen LogP contribution < -0.4 is 5.11 Å². The van der Waals surface area contributed by atoms with Gasteiger partial charge in [-0.3, -0.25) is 0 Å². The molecule has 60 valence electrons. The van der Waals surface area contributed by atoms with E-state index in [0.717, 1.165) is 12.8 Å². The van der Waals surface area contributed by atoms with Gasteiger partial charge in [0.1, 0.15) is 0 Å². The van der Waals surface area contributed by atoms with E-state index in [2.05, 4.69) is 4.74 Å². The predicted molar refractivity (Wildman–Crippen MR) is 35.3 cm³/mol. The van der Waals surface area contributed by atoms with E-state index in [1.54, 1.807) is 0 Å². The fraction of sp³-hybridized carbons (Fsp3) is 0.857. The lowest BCUT2D eigenvalue weighted by Crippen LogP contribution is -2.36. The van der Waals surface area contributed by atoms with E-state index in [-0.39, 0.29) is 0 Å². The van der Waals surface area contributed by atoms with Crippen molar-refractivity contribution in [3.8, 4) is 0 Å². The van der Waals surface area contributed by atoms with E-state index in [1.807, 2.05) is 6.92 Å². The SMILES string of the molecule is CCCCC(OC)C(=O)[O-]. The largest absolute Gasteiger partial charge is 0.547 e. The molecule has 0 bridgehead atoms. The summed E-state index contributed by atoms with van der Waals surface area (Å²) in [6, 6.07) is 0. The zero-order valence-electron chi connectivity index (χ0n) is 6.42. The number of aliphatic carboxylic acids is 1. The Balaban J connectivity index is 3.50. The minimum absolute atomic E-state index is 0.551. The number of hydrogen-bond donors (Lipinski definition) is 0. The van der Waals surface area contributed by atoms with Gasteiger partial charge in [-0.15, -0.1) is 0 Å². The van der Waals surface area contributed by atoms with Gasteiger partial charge in [-0.2, -0.15) is 0 Å². The molecule has 0 saturated heterocycles. The van der Waals surface area contributed by atoms with Gasteiger partial charge in [0.15, 0.2) is 0 Å². The lowest BCUT2D eigenvalue weighted by molar-refractivity contribution is -0.316. The first-order valence-corrected chi connectivity index (χ1v) is 3.46. The Morgan fingerprint density at radius 3 is 2.60 bits per heavy atom. The maximum absolute atomic E-state index is 10.2. The van der Waals surface area contributed by atoms with E-state index < -0.39 is 12.1 Å². The molecule has 0 heterocycles. The van der Waals surface area contributed by atoms with Crippen molar-refractivity contribution in [2.75, 3.05) is 7.11 Å². The van der Waals surface area contributed by atoms with Crippen molar-refractivity contribution in [1.29, 1.82) is 0 Å². The number of carboxylic acid groups (broad SMARTS) is 1. The molecule has 0 aliphatic rings. The number of methoxy groups -OCH3 is 1. The van der Waals surface area contributed by atoms with E-state index in [9.17, 15) is 9.90 Å². The zero-order chi connectivity index (χ0) is 7.98. The lowest BCUT2D eigenvalue weighted by atomic mass is 10.2. The van der Waals surface area contributed by atoms with Crippen LogP contribution in [0.1, 0.15) is 26.2 Å². The Morgan fingerprint density at radius 2 is 2.30 bits per heavy atom. The molecule has 0 aromatic rings. The monoisotopic (exact) mass is 145 g/mol. The minimum atomic E-state index is -1.11. The van der Waals surface area contributed by atoms with Gasteiger partial charge in [-0.05, 0) is 6.42 Å². The Morgan fingerprint density at radius 1 is 1.70 bits per heavy atom. The van der Waals surface area contributed by atoms with Crippen molar-refractivity contribution < 1.29 is 14.6 Å². The Kier molecular flexibility index (Phi) is 4.94. The molecule has 0 aromatic carbocycles. The topological polar surface area (TPSA) is 49.4 Å². The van der Waals surface area contributed by atoms with Crippen molar-refractivity contribution in [3.05, 3.63) is 0 Å². The summed E-state index contributed by atoms with van der Waals surface area (Å²) in [4.78, 5) is 10.2. The molecule has 0 rings (SSSR count). The molecule has 0 aliphatic heterocycles. The summed E-state index contributed by atoms with van der Waals surface area (Å²) in [5.41, 5.74) is 0. The van der Waals surface area contributed by atoms with Crippen molar-refractivity contribution in [2.45, 2.75) is 32.3 Å². The van der Waals surface area contributed by atoms with Crippen LogP contribution in [-0.4, -0.2) is 19.2 Å². The summed E-state index contributed by atoms with van der Waals surface area (Å²) in [6.45, 7) is 2.00. The van der Waals surface area contributed by atoms with Gasteiger partial charge in [0.05, 0.1) is 12.1 Å². The van der Waals surface area contributed by atoms with Crippen molar-refractivity contribution in [1.82, 2.24) is 0 Å². The fourth-order valence-electron chi connectivity index (χ4n) is 0.721. The molecule has 0 amide bonds. The molecule has 0 N–H and O–H groups in total. The number of rotatable bonds is 5. The fourth-order valence-corrected chi connectivity index (χ4v) is 0.721. The van der Waals surface area contributed by atoms with Crippen LogP contribution >= 0.6 is 0 Å². The molecule has 0 radical (unpaired) electrons. The number of unbranched alkanes of at least 4 members (excludes halogenated alkanes) is 1. The summed E-state index contributed by atoms with van der Waals surface area (Å²) >= 11 is 0. The Labute approximate surface area is 61.0 Å². The second kappa shape index (κ2) is 5.23. The highest BCUT2D eigenvalue weighted by Gasteiger charge is 2.05. The highest BCUT2D eigenvalue weighted by atomic mass is 16.5. The maximum atomic E-state index is 10.2. The molecule has 0 saturated carbocycles. The Bertz CT molecular complexity index is 101. The maximum Gasteiger partial charge on any atom is 0.0964 e. The average molecular weight is 145 g/mol. The number of carboxylic acids is 1. The van der Waals surface area contributed by atoms with E-state index in [4.69, 9.17) is 0 Å². The minimum Gasteiger partial charge on any atom is -0.547 e. The highest BCUT2D eigenvalue weighted by molar-refractivity contribution is 5.69. The van der Waals surface area contributed by atoms with Gasteiger partial charge in [-0.1, -0.05) is 19.8 Å². The molecule has 1 unspecified atom stereocenters. The third kappa shape index (κ3) is 3.45. The molecular formula is C7H13O3-. The third-order valence-corrected chi connectivity index (χ3v) is 1.37. The summed E-state index contributed by atoms with van der Waals surface area (Å²) in [6.07, 6.45) is 1.68. The molecule has 3 nitrogen and oxygen atoms in total. The number of carbonyl (C=O) groups is 1. The predicted octanol–water partition coefficient (Wildman–Crippen LogP) is -0.0585. The van der Waals surface area contributed by atoms with Crippen LogP contribution in [0.5, 0.6) is 0 Å². The van der Waals surface area contributed by atoms with E-state index in [1.165, 1.54) is 7.11 Å². The van der Waals surface area contributed by atoms with Crippen LogP contribution in [0, 0.1) is 0 Å².